The molecule has 2 aliphatic heterocycles. The van der Waals surface area contributed by atoms with Crippen molar-refractivity contribution in [3.63, 3.8) is 0 Å². The van der Waals surface area contributed by atoms with E-state index >= 15 is 0 Å². The van der Waals surface area contributed by atoms with Crippen molar-refractivity contribution >= 4 is 15.7 Å². The van der Waals surface area contributed by atoms with Gasteiger partial charge in [0.2, 0.25) is 5.91 Å². The molecule has 3 rings (SSSR count). The highest BCUT2D eigenvalue weighted by molar-refractivity contribution is 7.91. The number of sulfone groups is 1. The van der Waals surface area contributed by atoms with Gasteiger partial charge in [-0.1, -0.05) is 0 Å². The number of hydrogen-bond acceptors (Lipinski definition) is 4. The summed E-state index contributed by atoms with van der Waals surface area (Å²) >= 11 is 0. The van der Waals surface area contributed by atoms with E-state index in [0.29, 0.717) is 6.54 Å². The van der Waals surface area contributed by atoms with Crippen molar-refractivity contribution in [3.8, 4) is 0 Å². The van der Waals surface area contributed by atoms with Crippen LogP contribution in [-0.4, -0.2) is 55.9 Å². The number of amides is 1. The molecule has 2 saturated heterocycles. The van der Waals surface area contributed by atoms with E-state index in [1.54, 1.807) is 0 Å². The topological polar surface area (TPSA) is 66.5 Å². The van der Waals surface area contributed by atoms with Gasteiger partial charge in [-0.2, -0.15) is 0 Å². The summed E-state index contributed by atoms with van der Waals surface area (Å²) < 4.78 is 23.1. The van der Waals surface area contributed by atoms with Crippen molar-refractivity contribution in [2.75, 3.05) is 24.6 Å². The Labute approximate surface area is 95.1 Å². The molecule has 1 N–H and O–H groups in total. The summed E-state index contributed by atoms with van der Waals surface area (Å²) in [4.78, 5) is 13.8. The van der Waals surface area contributed by atoms with Gasteiger partial charge in [-0.25, -0.2) is 8.42 Å². The van der Waals surface area contributed by atoms with E-state index in [9.17, 15) is 13.2 Å². The molecular weight excluding hydrogens is 228 g/mol. The van der Waals surface area contributed by atoms with Crippen LogP contribution < -0.4 is 5.32 Å². The van der Waals surface area contributed by atoms with E-state index in [1.807, 2.05) is 4.90 Å². The molecule has 0 aromatic heterocycles. The van der Waals surface area contributed by atoms with Crippen LogP contribution in [0.3, 0.4) is 0 Å². The fraction of sp³-hybridized carbons (Fsp3) is 0.900. The van der Waals surface area contributed by atoms with E-state index in [-0.39, 0.29) is 35.4 Å². The van der Waals surface area contributed by atoms with Gasteiger partial charge in [-0.15, -0.1) is 0 Å². The Kier molecular flexibility index (Phi) is 2.26. The lowest BCUT2D eigenvalue weighted by Gasteiger charge is -2.37. The summed E-state index contributed by atoms with van der Waals surface area (Å²) in [6.45, 7) is 1.38. The maximum atomic E-state index is 12.0. The zero-order valence-electron chi connectivity index (χ0n) is 9.05. The number of hydrogen-bond donors (Lipinski definition) is 1. The zero-order chi connectivity index (χ0) is 11.3. The largest absolute Gasteiger partial charge is 0.336 e. The SMILES string of the molecule is O=C(C1CC1)N1CCN[C@H]2CS(=O)(=O)C[C@H]21. The summed E-state index contributed by atoms with van der Waals surface area (Å²) in [5.41, 5.74) is 0. The van der Waals surface area contributed by atoms with Crippen LogP contribution >= 0.6 is 0 Å². The minimum absolute atomic E-state index is 0.0403. The summed E-state index contributed by atoms with van der Waals surface area (Å²) in [5.74, 6) is 0.686. The first-order chi connectivity index (χ1) is 7.57. The molecule has 3 aliphatic rings. The molecule has 1 amide bonds. The van der Waals surface area contributed by atoms with Crippen LogP contribution in [0.25, 0.3) is 0 Å². The van der Waals surface area contributed by atoms with Crippen molar-refractivity contribution in [3.05, 3.63) is 0 Å². The molecule has 2 atom stereocenters. The van der Waals surface area contributed by atoms with E-state index in [2.05, 4.69) is 5.32 Å². The van der Waals surface area contributed by atoms with Crippen molar-refractivity contribution < 1.29 is 13.2 Å². The second-order valence-electron chi connectivity index (χ2n) is 5.01. The molecule has 6 heteroatoms. The van der Waals surface area contributed by atoms with E-state index in [4.69, 9.17) is 0 Å². The smallest absolute Gasteiger partial charge is 0.226 e. The number of nitrogens with one attached hydrogen (secondary N) is 1. The van der Waals surface area contributed by atoms with E-state index < -0.39 is 9.84 Å². The second kappa shape index (κ2) is 3.43. The third kappa shape index (κ3) is 1.73. The Morgan fingerprint density at radius 1 is 1.25 bits per heavy atom. The molecule has 0 unspecified atom stereocenters. The van der Waals surface area contributed by atoms with Crippen LogP contribution in [0.1, 0.15) is 12.8 Å². The summed E-state index contributed by atoms with van der Waals surface area (Å²) in [7, 11) is -2.96. The van der Waals surface area contributed by atoms with E-state index in [0.717, 1.165) is 19.4 Å². The van der Waals surface area contributed by atoms with Gasteiger partial charge in [-0.3, -0.25) is 4.79 Å². The average molecular weight is 244 g/mol. The van der Waals surface area contributed by atoms with Crippen LogP contribution in [0.2, 0.25) is 0 Å². The molecule has 0 radical (unpaired) electrons. The molecule has 3 fully saturated rings. The highest BCUT2D eigenvalue weighted by Gasteiger charge is 2.46. The number of nitrogens with zero attached hydrogens (tertiary/aromatic N) is 1. The van der Waals surface area contributed by atoms with Crippen LogP contribution in [-0.2, 0) is 14.6 Å². The van der Waals surface area contributed by atoms with Gasteiger partial charge in [-0.05, 0) is 12.8 Å². The van der Waals surface area contributed by atoms with Crippen molar-refractivity contribution in [2.24, 2.45) is 5.92 Å². The maximum Gasteiger partial charge on any atom is 0.226 e. The van der Waals surface area contributed by atoms with Crippen molar-refractivity contribution in [1.29, 1.82) is 0 Å². The monoisotopic (exact) mass is 244 g/mol. The minimum atomic E-state index is -2.96. The third-order valence-corrected chi connectivity index (χ3v) is 5.41. The average Bonchev–Trinajstić information content (AvgIpc) is 2.98. The Hall–Kier alpha value is -0.620. The number of fused-ring (bicyclic) bond motifs is 1. The lowest BCUT2D eigenvalue weighted by molar-refractivity contribution is -0.135. The van der Waals surface area contributed by atoms with Gasteiger partial charge in [0.25, 0.3) is 0 Å². The van der Waals surface area contributed by atoms with Crippen LogP contribution in [0.5, 0.6) is 0 Å². The van der Waals surface area contributed by atoms with Crippen molar-refractivity contribution in [2.45, 2.75) is 24.9 Å². The van der Waals surface area contributed by atoms with E-state index in [1.165, 1.54) is 0 Å². The molecule has 5 nitrogen and oxygen atoms in total. The fourth-order valence-electron chi connectivity index (χ4n) is 2.71. The Morgan fingerprint density at radius 3 is 2.69 bits per heavy atom. The van der Waals surface area contributed by atoms with Crippen molar-refractivity contribution in [1.82, 2.24) is 10.2 Å². The van der Waals surface area contributed by atoms with Gasteiger partial charge in [0.1, 0.15) is 0 Å². The molecule has 1 saturated carbocycles. The summed E-state index contributed by atoms with van der Waals surface area (Å²) in [6, 6.07) is -0.159. The normalized spacial score (nSPS) is 37.1. The minimum Gasteiger partial charge on any atom is -0.336 e. The number of carbonyl (C=O) groups is 1. The quantitative estimate of drug-likeness (QED) is 0.642. The number of rotatable bonds is 1. The van der Waals surface area contributed by atoms with Gasteiger partial charge in [0, 0.05) is 25.0 Å². The first kappa shape index (κ1) is 10.5. The first-order valence-corrected chi connectivity index (χ1v) is 7.63. The Balaban J connectivity index is 1.81. The second-order valence-corrected chi connectivity index (χ2v) is 7.16. The van der Waals surface area contributed by atoms with Crippen LogP contribution in [0, 0.1) is 5.92 Å². The molecule has 2 heterocycles. The maximum absolute atomic E-state index is 12.0. The summed E-state index contributed by atoms with van der Waals surface area (Å²) in [6.07, 6.45) is 1.96. The molecule has 0 bridgehead atoms. The Bertz CT molecular complexity index is 416. The highest BCUT2D eigenvalue weighted by atomic mass is 32.2. The van der Waals surface area contributed by atoms with Gasteiger partial charge in [0.15, 0.2) is 9.84 Å². The third-order valence-electron chi connectivity index (χ3n) is 3.69. The predicted molar refractivity (Wildman–Crippen MR) is 58.7 cm³/mol. The van der Waals surface area contributed by atoms with Crippen LogP contribution in [0.4, 0.5) is 0 Å². The molecule has 90 valence electrons. The molecular formula is C10H16N2O3S. The zero-order valence-corrected chi connectivity index (χ0v) is 9.87. The van der Waals surface area contributed by atoms with Crippen LogP contribution in [0.15, 0.2) is 0 Å². The van der Waals surface area contributed by atoms with Gasteiger partial charge >= 0.3 is 0 Å². The number of carbonyl (C=O) groups excluding carboxylic acids is 1. The standard InChI is InChI=1S/C10H16N2O3S/c13-10(7-1-2-7)12-4-3-11-8-5-16(14,15)6-9(8)12/h7-9,11H,1-6H2/t8-,9+/m0/s1. The first-order valence-electron chi connectivity index (χ1n) is 5.81. The molecule has 0 aromatic carbocycles. The van der Waals surface area contributed by atoms with Gasteiger partial charge in [0.05, 0.1) is 17.5 Å². The van der Waals surface area contributed by atoms with Gasteiger partial charge < -0.3 is 10.2 Å². The lowest BCUT2D eigenvalue weighted by atomic mass is 10.1. The molecule has 16 heavy (non-hydrogen) atoms. The predicted octanol–water partition coefficient (Wildman–Crippen LogP) is -1.01. The fourth-order valence-corrected chi connectivity index (χ4v) is 4.66. The molecule has 1 aliphatic carbocycles. The summed E-state index contributed by atoms with van der Waals surface area (Å²) in [5, 5.41) is 3.21. The Morgan fingerprint density at radius 2 is 2.00 bits per heavy atom. The molecule has 0 aromatic rings. The number of piperazine rings is 1. The highest BCUT2D eigenvalue weighted by Crippen LogP contribution is 2.33. The molecule has 0 spiro atoms. The lowest BCUT2D eigenvalue weighted by Crippen LogP contribution is -2.59.